The van der Waals surface area contributed by atoms with Crippen molar-refractivity contribution in [1.29, 1.82) is 0 Å². The molecule has 0 saturated carbocycles. The van der Waals surface area contributed by atoms with Crippen molar-refractivity contribution < 1.29 is 54.2 Å². The molecule has 25 heteroatoms. The van der Waals surface area contributed by atoms with Crippen LogP contribution in [0.3, 0.4) is 0 Å². The molecule has 6 aromatic rings. The molecule has 58 heavy (non-hydrogen) atoms. The molecule has 19 nitrogen and oxygen atoms in total. The molecule has 0 fully saturated rings. The van der Waals surface area contributed by atoms with Crippen molar-refractivity contribution in [2.75, 3.05) is 11.5 Å². The molecule has 6 aromatic carbocycles. The Morgan fingerprint density at radius 3 is 1.57 bits per heavy atom. The maximum atomic E-state index is 12.2. The second-order valence-electron chi connectivity index (χ2n) is 11.6. The van der Waals surface area contributed by atoms with Crippen LogP contribution in [-0.2, 0) is 30.4 Å². The van der Waals surface area contributed by atoms with Crippen LogP contribution >= 0.6 is 0 Å². The molecule has 0 bridgehead atoms. The normalized spacial score (nSPS) is 12.4. The molecular weight excluding hydrogens is 852 g/mol. The number of benzene rings is 6. The fourth-order valence-electron chi connectivity index (χ4n) is 5.28. The minimum absolute atomic E-state index is 0. The molecule has 0 heterocycles. The Labute approximate surface area is 395 Å². The van der Waals surface area contributed by atoms with Gasteiger partial charge in [-0.1, -0.05) is 6.07 Å². The van der Waals surface area contributed by atoms with Gasteiger partial charge in [0.05, 0.1) is 37.9 Å². The van der Waals surface area contributed by atoms with Crippen molar-refractivity contribution in [3.8, 4) is 11.5 Å². The monoisotopic (exact) mass is 876 g/mol. The third-order valence-corrected chi connectivity index (χ3v) is 10.4. The molecule has 3 radical (unpaired) electrons. The Balaban J connectivity index is 0.00000300. The van der Waals surface area contributed by atoms with Gasteiger partial charge >= 0.3 is 0 Å². The van der Waals surface area contributed by atoms with Gasteiger partial charge < -0.3 is 26.8 Å². The van der Waals surface area contributed by atoms with E-state index in [1.54, 1.807) is 0 Å². The smallest absolute Gasteiger partial charge is 0.296 e. The van der Waals surface area contributed by atoms with Gasteiger partial charge in [0.1, 0.15) is 22.0 Å². The van der Waals surface area contributed by atoms with Crippen LogP contribution in [0.5, 0.6) is 11.5 Å². The molecule has 0 unspecified atom stereocenters. The van der Waals surface area contributed by atoms with Crippen LogP contribution in [0.25, 0.3) is 21.5 Å². The summed E-state index contributed by atoms with van der Waals surface area (Å²) in [6, 6.07) is 18.9. The Hall–Kier alpha value is -3.56. The topological polar surface area (TPSA) is 338 Å². The number of hydrogen-bond acceptors (Lipinski definition) is 15. The first kappa shape index (κ1) is 48.8. The van der Waals surface area contributed by atoms with Crippen molar-refractivity contribution in [1.82, 2.24) is 0 Å². The molecule has 285 valence electrons. The minimum Gasteiger partial charge on any atom is -0.507 e. The van der Waals surface area contributed by atoms with E-state index in [0.29, 0.717) is 5.69 Å². The van der Waals surface area contributed by atoms with E-state index in [9.17, 15) is 54.2 Å². The van der Waals surface area contributed by atoms with Gasteiger partial charge in [0, 0.05) is 111 Å². The summed E-state index contributed by atoms with van der Waals surface area (Å²) < 4.78 is 99.2. The second-order valence-corrected chi connectivity index (χ2v) is 15.8. The zero-order chi connectivity index (χ0) is 40.0. The zero-order valence-corrected chi connectivity index (χ0v) is 38.9. The van der Waals surface area contributed by atoms with Gasteiger partial charge in [-0.05, 0) is 89.6 Å². The van der Waals surface area contributed by atoms with Crippen LogP contribution in [0.1, 0.15) is 5.56 Å². The van der Waals surface area contributed by atoms with Gasteiger partial charge in [-0.15, -0.1) is 10.2 Å². The average molecular weight is 877 g/mol. The predicted octanol–water partition coefficient (Wildman–Crippen LogP) is 5.63. The van der Waals surface area contributed by atoms with Crippen LogP contribution in [0.4, 0.5) is 39.8 Å². The fraction of sp³-hybridized carbons (Fsp3) is 0. The number of aliphatic imine (C=N–C) groups is 1. The molecule has 0 amide bonds. The van der Waals surface area contributed by atoms with E-state index >= 15 is 0 Å². The Morgan fingerprint density at radius 1 is 0.517 bits per heavy atom. The van der Waals surface area contributed by atoms with Crippen LogP contribution < -0.4 is 11.5 Å². The number of phenolic OH excluding ortho intramolecular Hbond substituents is 2. The van der Waals surface area contributed by atoms with Gasteiger partial charge in [-0.3, -0.25) is 13.7 Å². The quantitative estimate of drug-likeness (QED) is 0.0218. The summed E-state index contributed by atoms with van der Waals surface area (Å²) in [4.78, 5) is 2.00. The number of nitrogens with zero attached hydrogens (tertiary/aromatic N) is 5. The number of nitrogens with two attached hydrogens (primary N) is 2. The van der Waals surface area contributed by atoms with Crippen LogP contribution in [0.2, 0.25) is 0 Å². The predicted molar refractivity (Wildman–Crippen MR) is 217 cm³/mol. The van der Waals surface area contributed by atoms with E-state index < -0.39 is 68.1 Å². The fourth-order valence-corrected chi connectivity index (χ4v) is 7.02. The molecule has 0 spiro atoms. The van der Waals surface area contributed by atoms with Gasteiger partial charge in [-0.25, -0.2) is 4.99 Å². The standard InChI is InChI=1S/C33H25N7O12S3.3Na/c34-24-10-3-17-11-23(54(47,48)49)15-26(41)29(17)30(24)39-37-20-4-1-16(2-5-20)33(43)36-19-6-8-21(9-7-19)38-40-31-27(55(50,51)52)13-18-12-22(53(44,45)46)14-25(35)28(18)32(31)42;;;/h1-15,41-42H,34-35H2,(H,36,43)(H,44,45,46)(H,47,48,49)(H,50,51,52);;;. The van der Waals surface area contributed by atoms with Crippen molar-refractivity contribution >= 4 is 186 Å². The molecule has 0 aromatic heterocycles. The number of aliphatic hydroxyl groups excluding tert-OH is 1. The van der Waals surface area contributed by atoms with Gasteiger partial charge in [0.2, 0.25) is 5.90 Å². The molecule has 0 aliphatic carbocycles. The maximum Gasteiger partial charge on any atom is 0.296 e. The first-order valence-electron chi connectivity index (χ1n) is 15.1. The first-order valence-corrected chi connectivity index (χ1v) is 19.4. The van der Waals surface area contributed by atoms with Gasteiger partial charge in [0.15, 0.2) is 5.75 Å². The average Bonchev–Trinajstić information content (AvgIpc) is 3.10. The molecule has 10 N–H and O–H groups in total. The van der Waals surface area contributed by atoms with Crippen molar-refractivity contribution in [2.24, 2.45) is 25.4 Å². The summed E-state index contributed by atoms with van der Waals surface area (Å²) in [5.74, 6) is -1.74. The van der Waals surface area contributed by atoms with E-state index in [2.05, 4.69) is 25.4 Å². The molecule has 0 atom stereocenters. The summed E-state index contributed by atoms with van der Waals surface area (Å²) in [6.07, 6.45) is 0. The number of azo groups is 2. The van der Waals surface area contributed by atoms with Gasteiger partial charge in [0.25, 0.3) is 30.4 Å². The molecule has 0 saturated heterocycles. The summed E-state index contributed by atoms with van der Waals surface area (Å²) in [5.41, 5.74) is 12.0. The van der Waals surface area contributed by atoms with Gasteiger partial charge in [-0.2, -0.15) is 35.5 Å². The summed E-state index contributed by atoms with van der Waals surface area (Å²) in [5, 5.41) is 47.8. The van der Waals surface area contributed by atoms with E-state index in [0.717, 1.165) is 30.3 Å². The van der Waals surface area contributed by atoms with Crippen LogP contribution in [-0.4, -0.2) is 149 Å². The Bertz CT molecular complexity index is 3010. The summed E-state index contributed by atoms with van der Waals surface area (Å²) in [7, 11) is -14.4. The van der Waals surface area contributed by atoms with Crippen molar-refractivity contribution in [3.63, 3.8) is 0 Å². The van der Waals surface area contributed by atoms with Crippen LogP contribution in [0, 0.1) is 0 Å². The summed E-state index contributed by atoms with van der Waals surface area (Å²) in [6.45, 7) is 0. The summed E-state index contributed by atoms with van der Waals surface area (Å²) >= 11 is 0. The maximum absolute atomic E-state index is 12.2. The number of rotatable bonds is 9. The number of hydrogen-bond donors (Lipinski definition) is 8. The second kappa shape index (κ2) is 18.8. The number of aliphatic hydroxyl groups is 1. The number of nitrogen functional groups attached to an aromatic ring is 2. The van der Waals surface area contributed by atoms with E-state index in [4.69, 9.17) is 11.5 Å². The van der Waals surface area contributed by atoms with E-state index in [1.165, 1.54) is 60.7 Å². The Morgan fingerprint density at radius 2 is 1.02 bits per heavy atom. The molecule has 0 aliphatic heterocycles. The van der Waals surface area contributed by atoms with Crippen molar-refractivity contribution in [3.05, 3.63) is 96.6 Å². The van der Waals surface area contributed by atoms with E-state index in [1.807, 2.05) is 0 Å². The SMILES string of the molecule is Nc1ccc2cc(S(=O)(=O)O)cc(O)c2c1N=Nc1ccc(C(O)=Nc2ccc(N=Nc3c(S(=O)(=O)O)cc4cc(S(=O)(=O)O)cc(N)c4c3O)cc2)cc1.[Na].[Na].[Na]. The number of fused-ring (bicyclic) bond motifs is 2. The molecule has 0 aliphatic rings. The number of anilines is 2. The molecule has 6 rings (SSSR count). The minimum atomic E-state index is -5.06. The zero-order valence-electron chi connectivity index (χ0n) is 30.4. The first-order chi connectivity index (χ1) is 25.7. The Kier molecular flexibility index (Phi) is 15.8. The van der Waals surface area contributed by atoms with Crippen LogP contribution in [0.15, 0.2) is 131 Å². The van der Waals surface area contributed by atoms with Crippen molar-refractivity contribution in [2.45, 2.75) is 14.7 Å². The number of aromatic hydroxyl groups is 2. The third kappa shape index (κ3) is 10.8. The van der Waals surface area contributed by atoms with E-state index in [-0.39, 0.29) is 144 Å². The molecular formula is C33H25N7Na3O12S3. The largest absolute Gasteiger partial charge is 0.507 e. The third-order valence-electron chi connectivity index (χ3n) is 7.84. The number of phenols is 2.